The number of hydrogen-bond acceptors (Lipinski definition) is 2. The predicted molar refractivity (Wildman–Crippen MR) is 75.0 cm³/mol. The molecule has 0 bridgehead atoms. The standard InChI is InChI=1S/C15H26N2/c1-4-15(5-2)17(11-10-16)12-14-9-7-6-8-13(14)3/h6-9,15H,4-5,10-12,16H2,1-3H3. The SMILES string of the molecule is CCC(CC)N(CCN)Cc1ccccc1C. The van der Waals surface area contributed by atoms with Crippen LogP contribution in [-0.2, 0) is 6.54 Å². The molecule has 0 aliphatic carbocycles. The van der Waals surface area contributed by atoms with Crippen LogP contribution in [-0.4, -0.2) is 24.0 Å². The summed E-state index contributed by atoms with van der Waals surface area (Å²) in [6.07, 6.45) is 2.39. The Kier molecular flexibility index (Phi) is 6.23. The van der Waals surface area contributed by atoms with E-state index in [2.05, 4.69) is 49.9 Å². The summed E-state index contributed by atoms with van der Waals surface area (Å²) >= 11 is 0. The molecular weight excluding hydrogens is 208 g/mol. The van der Waals surface area contributed by atoms with Crippen molar-refractivity contribution < 1.29 is 0 Å². The van der Waals surface area contributed by atoms with Crippen LogP contribution in [0.4, 0.5) is 0 Å². The third kappa shape index (κ3) is 4.14. The Labute approximate surface area is 106 Å². The van der Waals surface area contributed by atoms with Crippen molar-refractivity contribution in [3.05, 3.63) is 35.4 Å². The summed E-state index contributed by atoms with van der Waals surface area (Å²) in [5, 5.41) is 0. The number of rotatable bonds is 7. The first-order valence-electron chi connectivity index (χ1n) is 6.71. The highest BCUT2D eigenvalue weighted by Gasteiger charge is 2.15. The van der Waals surface area contributed by atoms with Crippen LogP contribution < -0.4 is 5.73 Å². The van der Waals surface area contributed by atoms with E-state index in [0.717, 1.165) is 19.6 Å². The third-order valence-electron chi connectivity index (χ3n) is 3.51. The van der Waals surface area contributed by atoms with E-state index in [4.69, 9.17) is 5.73 Å². The molecule has 0 heterocycles. The van der Waals surface area contributed by atoms with Crippen LogP contribution in [0.1, 0.15) is 37.8 Å². The molecule has 2 N–H and O–H groups in total. The van der Waals surface area contributed by atoms with E-state index >= 15 is 0 Å². The van der Waals surface area contributed by atoms with Crippen LogP contribution in [0.15, 0.2) is 24.3 Å². The maximum atomic E-state index is 5.73. The largest absolute Gasteiger partial charge is 0.329 e. The van der Waals surface area contributed by atoms with Gasteiger partial charge in [0.2, 0.25) is 0 Å². The van der Waals surface area contributed by atoms with Gasteiger partial charge in [0, 0.05) is 25.7 Å². The Morgan fingerprint density at radius 2 is 1.82 bits per heavy atom. The minimum Gasteiger partial charge on any atom is -0.329 e. The number of benzene rings is 1. The Bertz CT molecular complexity index is 318. The van der Waals surface area contributed by atoms with Crippen LogP contribution in [0.25, 0.3) is 0 Å². The predicted octanol–water partition coefficient (Wildman–Crippen LogP) is 2.94. The van der Waals surface area contributed by atoms with Crippen LogP contribution in [0.2, 0.25) is 0 Å². The van der Waals surface area contributed by atoms with Crippen molar-refractivity contribution in [3.8, 4) is 0 Å². The van der Waals surface area contributed by atoms with E-state index in [9.17, 15) is 0 Å². The Hall–Kier alpha value is -0.860. The molecular formula is C15H26N2. The number of nitrogens with zero attached hydrogens (tertiary/aromatic N) is 1. The summed E-state index contributed by atoms with van der Waals surface area (Å²) in [6.45, 7) is 9.45. The molecule has 0 saturated carbocycles. The van der Waals surface area contributed by atoms with Crippen molar-refractivity contribution >= 4 is 0 Å². The van der Waals surface area contributed by atoms with Crippen molar-refractivity contribution in [2.24, 2.45) is 5.73 Å². The molecule has 2 heteroatoms. The van der Waals surface area contributed by atoms with E-state index < -0.39 is 0 Å². The molecule has 1 rings (SSSR count). The minimum absolute atomic E-state index is 0.651. The molecule has 0 aliphatic rings. The molecule has 0 saturated heterocycles. The highest BCUT2D eigenvalue weighted by Crippen LogP contribution is 2.15. The summed E-state index contributed by atoms with van der Waals surface area (Å²) in [5.74, 6) is 0. The lowest BCUT2D eigenvalue weighted by molar-refractivity contribution is 0.182. The lowest BCUT2D eigenvalue weighted by atomic mass is 10.1. The Balaban J connectivity index is 2.75. The smallest absolute Gasteiger partial charge is 0.0239 e. The van der Waals surface area contributed by atoms with Crippen molar-refractivity contribution in [2.75, 3.05) is 13.1 Å². The highest BCUT2D eigenvalue weighted by molar-refractivity contribution is 5.25. The normalized spacial score (nSPS) is 11.4. The van der Waals surface area contributed by atoms with Gasteiger partial charge in [-0.1, -0.05) is 38.1 Å². The molecule has 0 spiro atoms. The Morgan fingerprint density at radius 1 is 1.18 bits per heavy atom. The zero-order chi connectivity index (χ0) is 12.7. The molecule has 0 unspecified atom stereocenters. The topological polar surface area (TPSA) is 29.3 Å². The molecule has 96 valence electrons. The minimum atomic E-state index is 0.651. The van der Waals surface area contributed by atoms with Gasteiger partial charge in [0.15, 0.2) is 0 Å². The molecule has 0 fully saturated rings. The van der Waals surface area contributed by atoms with E-state index in [1.807, 2.05) is 0 Å². The lowest BCUT2D eigenvalue weighted by Crippen LogP contribution is -2.37. The van der Waals surface area contributed by atoms with Crippen molar-refractivity contribution in [2.45, 2.75) is 46.2 Å². The number of aryl methyl sites for hydroxylation is 1. The van der Waals surface area contributed by atoms with Crippen molar-refractivity contribution in [1.82, 2.24) is 4.90 Å². The molecule has 0 atom stereocenters. The first kappa shape index (κ1) is 14.2. The number of hydrogen-bond donors (Lipinski definition) is 1. The molecule has 0 aromatic heterocycles. The van der Waals surface area contributed by atoms with Gasteiger partial charge in [0.25, 0.3) is 0 Å². The van der Waals surface area contributed by atoms with E-state index in [1.165, 1.54) is 24.0 Å². The zero-order valence-corrected chi connectivity index (χ0v) is 11.4. The molecule has 0 amide bonds. The van der Waals surface area contributed by atoms with Crippen LogP contribution in [0.3, 0.4) is 0 Å². The lowest BCUT2D eigenvalue weighted by Gasteiger charge is -2.30. The monoisotopic (exact) mass is 234 g/mol. The van der Waals surface area contributed by atoms with Crippen LogP contribution in [0.5, 0.6) is 0 Å². The van der Waals surface area contributed by atoms with Gasteiger partial charge in [0.1, 0.15) is 0 Å². The fraction of sp³-hybridized carbons (Fsp3) is 0.600. The van der Waals surface area contributed by atoms with E-state index in [0.29, 0.717) is 6.04 Å². The van der Waals surface area contributed by atoms with Crippen LogP contribution in [0, 0.1) is 6.92 Å². The fourth-order valence-electron chi connectivity index (χ4n) is 2.37. The molecule has 1 aromatic carbocycles. The quantitative estimate of drug-likeness (QED) is 0.786. The second-order valence-corrected chi connectivity index (χ2v) is 4.66. The average molecular weight is 234 g/mol. The zero-order valence-electron chi connectivity index (χ0n) is 11.4. The maximum Gasteiger partial charge on any atom is 0.0239 e. The summed E-state index contributed by atoms with van der Waals surface area (Å²) < 4.78 is 0. The molecule has 1 aromatic rings. The fourth-order valence-corrected chi connectivity index (χ4v) is 2.37. The second-order valence-electron chi connectivity index (χ2n) is 4.66. The molecule has 0 aliphatic heterocycles. The number of nitrogens with two attached hydrogens (primary N) is 1. The Morgan fingerprint density at radius 3 is 2.35 bits per heavy atom. The van der Waals surface area contributed by atoms with E-state index in [1.54, 1.807) is 0 Å². The summed E-state index contributed by atoms with van der Waals surface area (Å²) in [6, 6.07) is 9.28. The van der Waals surface area contributed by atoms with Gasteiger partial charge in [-0.2, -0.15) is 0 Å². The second kappa shape index (κ2) is 7.46. The van der Waals surface area contributed by atoms with Crippen LogP contribution >= 0.6 is 0 Å². The van der Waals surface area contributed by atoms with Gasteiger partial charge >= 0.3 is 0 Å². The summed E-state index contributed by atoms with van der Waals surface area (Å²) in [4.78, 5) is 2.52. The van der Waals surface area contributed by atoms with Gasteiger partial charge < -0.3 is 5.73 Å². The van der Waals surface area contributed by atoms with Gasteiger partial charge in [-0.25, -0.2) is 0 Å². The third-order valence-corrected chi connectivity index (χ3v) is 3.51. The highest BCUT2D eigenvalue weighted by atomic mass is 15.2. The first-order valence-corrected chi connectivity index (χ1v) is 6.71. The molecule has 2 nitrogen and oxygen atoms in total. The summed E-state index contributed by atoms with van der Waals surface area (Å²) in [5.41, 5.74) is 8.53. The van der Waals surface area contributed by atoms with Gasteiger partial charge in [-0.05, 0) is 30.9 Å². The summed E-state index contributed by atoms with van der Waals surface area (Å²) in [7, 11) is 0. The molecule has 0 radical (unpaired) electrons. The maximum absolute atomic E-state index is 5.73. The van der Waals surface area contributed by atoms with Gasteiger partial charge in [-0.15, -0.1) is 0 Å². The molecule has 17 heavy (non-hydrogen) atoms. The van der Waals surface area contributed by atoms with Crippen molar-refractivity contribution in [1.29, 1.82) is 0 Å². The first-order chi connectivity index (χ1) is 8.22. The van der Waals surface area contributed by atoms with Gasteiger partial charge in [-0.3, -0.25) is 4.90 Å². The van der Waals surface area contributed by atoms with Crippen molar-refractivity contribution in [3.63, 3.8) is 0 Å². The average Bonchev–Trinajstić information content (AvgIpc) is 2.34. The van der Waals surface area contributed by atoms with Gasteiger partial charge in [0.05, 0.1) is 0 Å². The van der Waals surface area contributed by atoms with E-state index in [-0.39, 0.29) is 0 Å².